The molecular formula is C24H27N5O5. The molecule has 1 saturated heterocycles. The van der Waals surface area contributed by atoms with Crippen LogP contribution in [0.5, 0.6) is 0 Å². The van der Waals surface area contributed by atoms with Gasteiger partial charge in [-0.15, -0.1) is 0 Å². The van der Waals surface area contributed by atoms with E-state index in [1.807, 2.05) is 0 Å². The number of hydrogen-bond acceptors (Lipinski definition) is 6. The van der Waals surface area contributed by atoms with E-state index in [0.717, 1.165) is 19.3 Å². The minimum atomic E-state index is -0.634. The molecule has 2 aromatic heterocycles. The van der Waals surface area contributed by atoms with E-state index in [1.165, 1.54) is 10.9 Å². The summed E-state index contributed by atoms with van der Waals surface area (Å²) in [4.78, 5) is 52.1. The highest BCUT2D eigenvalue weighted by molar-refractivity contribution is 6.05. The van der Waals surface area contributed by atoms with Crippen molar-refractivity contribution in [1.29, 1.82) is 0 Å². The minimum Gasteiger partial charge on any atom is -0.467 e. The van der Waals surface area contributed by atoms with Gasteiger partial charge in [0.15, 0.2) is 5.69 Å². The first kappa shape index (κ1) is 23.2. The van der Waals surface area contributed by atoms with E-state index in [-0.39, 0.29) is 36.7 Å². The number of aryl methyl sites for hydroxylation is 1. The van der Waals surface area contributed by atoms with Crippen LogP contribution in [0.2, 0.25) is 0 Å². The summed E-state index contributed by atoms with van der Waals surface area (Å²) >= 11 is 0. The normalized spacial score (nSPS) is 15.6. The van der Waals surface area contributed by atoms with Gasteiger partial charge in [0, 0.05) is 24.9 Å². The van der Waals surface area contributed by atoms with Crippen molar-refractivity contribution in [2.75, 3.05) is 6.54 Å². The Morgan fingerprint density at radius 1 is 1.09 bits per heavy atom. The van der Waals surface area contributed by atoms with Gasteiger partial charge in [0.25, 0.3) is 11.5 Å². The summed E-state index contributed by atoms with van der Waals surface area (Å²) in [5.41, 5.74) is 4.59. The number of likely N-dealkylation sites (tertiary alicyclic amines) is 1. The van der Waals surface area contributed by atoms with Gasteiger partial charge in [0.2, 0.25) is 11.8 Å². The van der Waals surface area contributed by atoms with E-state index in [2.05, 4.69) is 22.9 Å². The number of aromatic nitrogens is 2. The fraction of sp³-hybridized carbons (Fsp3) is 0.375. The Balaban J connectivity index is 1.44. The SMILES string of the molecule is CCCCCn1nc(C(=O)NNC(=O)C2CC(=O)N(Cc3ccco3)C2)c2ccccc2c1=O. The molecule has 1 unspecified atom stereocenters. The predicted octanol–water partition coefficient (Wildman–Crippen LogP) is 1.99. The number of nitrogens with one attached hydrogen (secondary N) is 2. The smallest absolute Gasteiger partial charge is 0.290 e. The second-order valence-corrected chi connectivity index (χ2v) is 8.33. The van der Waals surface area contributed by atoms with E-state index in [4.69, 9.17) is 4.42 Å². The molecular weight excluding hydrogens is 438 g/mol. The molecule has 10 nitrogen and oxygen atoms in total. The molecule has 1 aliphatic rings. The van der Waals surface area contributed by atoms with Crippen LogP contribution in [-0.4, -0.2) is 38.9 Å². The van der Waals surface area contributed by atoms with Crippen molar-refractivity contribution in [2.45, 2.75) is 45.7 Å². The van der Waals surface area contributed by atoms with Crippen molar-refractivity contribution >= 4 is 28.5 Å². The molecule has 178 valence electrons. The summed E-state index contributed by atoms with van der Waals surface area (Å²) < 4.78 is 6.57. The fourth-order valence-electron chi connectivity index (χ4n) is 4.04. The van der Waals surface area contributed by atoms with Crippen LogP contribution in [0.3, 0.4) is 0 Å². The van der Waals surface area contributed by atoms with Crippen molar-refractivity contribution < 1.29 is 18.8 Å². The highest BCUT2D eigenvalue weighted by Crippen LogP contribution is 2.20. The third kappa shape index (κ3) is 5.00. The number of hydrazine groups is 1. The molecule has 3 aromatic rings. The number of carbonyl (C=O) groups excluding carboxylic acids is 3. The number of unbranched alkanes of at least 4 members (excludes halogenated alkanes) is 2. The van der Waals surface area contributed by atoms with Gasteiger partial charge in [0.05, 0.1) is 24.1 Å². The molecule has 10 heteroatoms. The average Bonchev–Trinajstić information content (AvgIpc) is 3.49. The number of benzene rings is 1. The van der Waals surface area contributed by atoms with E-state index in [0.29, 0.717) is 23.1 Å². The first-order valence-electron chi connectivity index (χ1n) is 11.4. The number of nitrogens with zero attached hydrogens (tertiary/aromatic N) is 3. The van der Waals surface area contributed by atoms with Crippen LogP contribution >= 0.6 is 0 Å². The van der Waals surface area contributed by atoms with Crippen LogP contribution in [0.4, 0.5) is 0 Å². The molecule has 1 aliphatic heterocycles. The van der Waals surface area contributed by atoms with Crippen molar-refractivity contribution in [3.63, 3.8) is 0 Å². The second kappa shape index (κ2) is 10.3. The number of hydrogen-bond donors (Lipinski definition) is 2. The lowest BCUT2D eigenvalue weighted by molar-refractivity contribution is -0.129. The summed E-state index contributed by atoms with van der Waals surface area (Å²) in [5.74, 6) is -1.23. The molecule has 3 heterocycles. The van der Waals surface area contributed by atoms with Gasteiger partial charge in [-0.3, -0.25) is 30.0 Å². The number of rotatable bonds is 8. The molecule has 0 aliphatic carbocycles. The fourth-order valence-corrected chi connectivity index (χ4v) is 4.04. The van der Waals surface area contributed by atoms with Crippen molar-refractivity contribution in [1.82, 2.24) is 25.5 Å². The maximum atomic E-state index is 12.9. The van der Waals surface area contributed by atoms with Gasteiger partial charge in [-0.05, 0) is 24.6 Å². The van der Waals surface area contributed by atoms with Gasteiger partial charge in [-0.1, -0.05) is 38.0 Å². The molecule has 34 heavy (non-hydrogen) atoms. The lowest BCUT2D eigenvalue weighted by Crippen LogP contribution is -2.45. The van der Waals surface area contributed by atoms with Crippen molar-refractivity contribution in [3.8, 4) is 0 Å². The van der Waals surface area contributed by atoms with Gasteiger partial charge in [-0.25, -0.2) is 4.68 Å². The zero-order valence-electron chi connectivity index (χ0n) is 19.0. The molecule has 1 atom stereocenters. The number of fused-ring (bicyclic) bond motifs is 1. The van der Waals surface area contributed by atoms with E-state index in [1.54, 1.807) is 41.3 Å². The molecule has 0 bridgehead atoms. The topological polar surface area (TPSA) is 127 Å². The average molecular weight is 466 g/mol. The minimum absolute atomic E-state index is 0.0475. The highest BCUT2D eigenvalue weighted by Gasteiger charge is 2.35. The number of amides is 3. The summed E-state index contributed by atoms with van der Waals surface area (Å²) in [5, 5.41) is 5.08. The van der Waals surface area contributed by atoms with Gasteiger partial charge in [-0.2, -0.15) is 5.10 Å². The first-order valence-corrected chi connectivity index (χ1v) is 11.4. The Bertz CT molecular complexity index is 1250. The molecule has 0 saturated carbocycles. The zero-order valence-corrected chi connectivity index (χ0v) is 19.0. The third-order valence-electron chi connectivity index (χ3n) is 5.87. The molecule has 2 N–H and O–H groups in total. The lowest BCUT2D eigenvalue weighted by atomic mass is 10.1. The van der Waals surface area contributed by atoms with Gasteiger partial charge >= 0.3 is 0 Å². The number of carbonyl (C=O) groups is 3. The van der Waals surface area contributed by atoms with E-state index >= 15 is 0 Å². The standard InChI is InChI=1S/C24H27N5O5/c1-2-3-6-11-29-24(33)19-10-5-4-9-18(19)21(27-29)23(32)26-25-22(31)16-13-20(30)28(14-16)15-17-8-7-12-34-17/h4-5,7-10,12,16H,2-3,6,11,13-15H2,1H3,(H,25,31)(H,26,32). The molecule has 4 rings (SSSR count). The Morgan fingerprint density at radius 2 is 1.88 bits per heavy atom. The molecule has 1 aromatic carbocycles. The maximum absolute atomic E-state index is 12.9. The zero-order chi connectivity index (χ0) is 24.1. The molecule has 3 amide bonds. The van der Waals surface area contributed by atoms with Crippen LogP contribution in [-0.2, 0) is 22.7 Å². The van der Waals surface area contributed by atoms with E-state index < -0.39 is 17.7 Å². The largest absolute Gasteiger partial charge is 0.467 e. The Labute approximate surface area is 195 Å². The van der Waals surface area contributed by atoms with Crippen molar-refractivity contribution in [3.05, 3.63) is 64.5 Å². The predicted molar refractivity (Wildman–Crippen MR) is 123 cm³/mol. The monoisotopic (exact) mass is 465 g/mol. The Hall–Kier alpha value is -3.95. The van der Waals surface area contributed by atoms with Crippen molar-refractivity contribution in [2.24, 2.45) is 5.92 Å². The summed E-state index contributed by atoms with van der Waals surface area (Å²) in [6, 6.07) is 10.3. The Kier molecular flexibility index (Phi) is 7.05. The summed E-state index contributed by atoms with van der Waals surface area (Å²) in [7, 11) is 0. The third-order valence-corrected chi connectivity index (χ3v) is 5.87. The lowest BCUT2D eigenvalue weighted by Gasteiger charge is -2.15. The van der Waals surface area contributed by atoms with Crippen LogP contribution in [0.1, 0.15) is 48.9 Å². The van der Waals surface area contributed by atoms with Gasteiger partial charge in [0.1, 0.15) is 5.76 Å². The molecule has 0 radical (unpaired) electrons. The van der Waals surface area contributed by atoms with Gasteiger partial charge < -0.3 is 9.32 Å². The van der Waals surface area contributed by atoms with E-state index in [9.17, 15) is 19.2 Å². The molecule has 1 fully saturated rings. The highest BCUT2D eigenvalue weighted by atomic mass is 16.3. The molecule has 0 spiro atoms. The van der Waals surface area contributed by atoms with Crippen LogP contribution < -0.4 is 16.4 Å². The maximum Gasteiger partial charge on any atom is 0.290 e. The first-order chi connectivity index (χ1) is 16.5. The summed E-state index contributed by atoms with van der Waals surface area (Å²) in [6.45, 7) is 2.98. The van der Waals surface area contributed by atoms with Crippen LogP contribution in [0.15, 0.2) is 51.9 Å². The summed E-state index contributed by atoms with van der Waals surface area (Å²) in [6.07, 6.45) is 4.27. The second-order valence-electron chi connectivity index (χ2n) is 8.33. The van der Waals surface area contributed by atoms with Crippen LogP contribution in [0, 0.1) is 5.92 Å². The number of furan rings is 1. The Morgan fingerprint density at radius 3 is 2.62 bits per heavy atom. The quantitative estimate of drug-likeness (QED) is 0.387. The van der Waals surface area contributed by atoms with Crippen LogP contribution in [0.25, 0.3) is 10.8 Å².